The minimum absolute atomic E-state index is 0.452. The van der Waals surface area contributed by atoms with Crippen LogP contribution in [0.5, 0.6) is 0 Å². The first-order valence-corrected chi connectivity index (χ1v) is 10.2. The zero-order valence-electron chi connectivity index (χ0n) is 8.95. The highest BCUT2D eigenvalue weighted by Crippen LogP contribution is 2.59. The number of rotatable bonds is 1. The summed E-state index contributed by atoms with van der Waals surface area (Å²) >= 11 is 2.60. The van der Waals surface area contributed by atoms with E-state index in [1.807, 2.05) is 30.3 Å². The predicted octanol–water partition coefficient (Wildman–Crippen LogP) is 3.45. The Bertz CT molecular complexity index is 327. The quantitative estimate of drug-likeness (QED) is 0.779. The molecule has 1 nitrogen and oxygen atoms in total. The third-order valence-electron chi connectivity index (χ3n) is 3.19. The van der Waals surface area contributed by atoms with Gasteiger partial charge in [-0.2, -0.15) is 7.20 Å². The second kappa shape index (κ2) is 4.26. The Morgan fingerprint density at radius 1 is 1.20 bits per heavy atom. The molecular weight excluding hydrogens is 319 g/mol. The normalized spacial score (nSPS) is 40.7. The Morgan fingerprint density at radius 2 is 1.73 bits per heavy atom. The van der Waals surface area contributed by atoms with E-state index in [0.29, 0.717) is 0 Å². The van der Waals surface area contributed by atoms with Crippen LogP contribution in [0, 0.1) is 0 Å². The first kappa shape index (κ1) is 11.7. The fourth-order valence-corrected chi connectivity index (χ4v) is 5.08. The number of hydrogen-bond donors (Lipinski definition) is 1. The van der Waals surface area contributed by atoms with Gasteiger partial charge >= 0.3 is 0 Å². The van der Waals surface area contributed by atoms with Crippen LogP contribution in [0.4, 0.5) is 0 Å². The summed E-state index contributed by atoms with van der Waals surface area (Å²) in [6.07, 6.45) is 4.20. The lowest BCUT2D eigenvalue weighted by atomic mass is 9.88. The Morgan fingerprint density at radius 3 is 2.27 bits per heavy atom. The first-order chi connectivity index (χ1) is 7.02. The zero-order chi connectivity index (χ0) is 10.9. The van der Waals surface area contributed by atoms with E-state index in [1.54, 1.807) is 0 Å². The second-order valence-electron chi connectivity index (χ2n) is 4.46. The minimum Gasteiger partial charge on any atom is -0.385 e. The molecule has 0 amide bonds. The molecule has 2 rings (SSSR count). The second-order valence-corrected chi connectivity index (χ2v) is 14.0. The summed E-state index contributed by atoms with van der Waals surface area (Å²) in [6, 6.07) is 10.1. The monoisotopic (exact) mass is 336 g/mol. The Kier molecular flexibility index (Phi) is 3.33. The molecule has 1 heterocycles. The SMILES string of the molecule is CS1(I)CCC(O)(c2ccccc2)CC1. The average Bonchev–Trinajstić information content (AvgIpc) is 2.24. The van der Waals surface area contributed by atoms with Gasteiger partial charge in [0.15, 0.2) is 0 Å². The van der Waals surface area contributed by atoms with Crippen LogP contribution in [0.15, 0.2) is 30.3 Å². The Balaban J connectivity index is 2.17. The number of benzene rings is 1. The summed E-state index contributed by atoms with van der Waals surface area (Å²) in [6.45, 7) is 0. The molecule has 0 aliphatic carbocycles. The molecule has 0 spiro atoms. The molecule has 0 bridgehead atoms. The largest absolute Gasteiger partial charge is 0.385 e. The lowest BCUT2D eigenvalue weighted by Crippen LogP contribution is -2.33. The summed E-state index contributed by atoms with van der Waals surface area (Å²) < 4.78 is 0. The third-order valence-corrected chi connectivity index (χ3v) is 7.95. The lowest BCUT2D eigenvalue weighted by molar-refractivity contribution is 0.0277. The molecule has 1 aromatic rings. The molecule has 1 saturated heterocycles. The first-order valence-electron chi connectivity index (χ1n) is 5.23. The summed E-state index contributed by atoms with van der Waals surface area (Å²) in [5.41, 5.74) is 0.537. The highest BCUT2D eigenvalue weighted by Gasteiger charge is 2.36. The Labute approximate surface area is 105 Å². The van der Waals surface area contributed by atoms with Gasteiger partial charge in [-0.05, 0) is 57.4 Å². The van der Waals surface area contributed by atoms with Gasteiger partial charge in [-0.15, -0.1) is 0 Å². The molecule has 1 N–H and O–H groups in total. The van der Waals surface area contributed by atoms with E-state index in [1.165, 1.54) is 11.5 Å². The molecule has 3 heteroatoms. The van der Waals surface area contributed by atoms with E-state index in [-0.39, 0.29) is 0 Å². The van der Waals surface area contributed by atoms with Crippen LogP contribution >= 0.6 is 28.4 Å². The van der Waals surface area contributed by atoms with Gasteiger partial charge in [0, 0.05) is 0 Å². The smallest absolute Gasteiger partial charge is 0.0911 e. The molecule has 15 heavy (non-hydrogen) atoms. The van der Waals surface area contributed by atoms with E-state index < -0.39 is 12.8 Å². The van der Waals surface area contributed by atoms with E-state index in [2.05, 4.69) is 27.5 Å². The van der Waals surface area contributed by atoms with Crippen molar-refractivity contribution in [3.63, 3.8) is 0 Å². The topological polar surface area (TPSA) is 20.2 Å². The van der Waals surface area contributed by atoms with E-state index in [0.717, 1.165) is 18.4 Å². The maximum absolute atomic E-state index is 10.6. The van der Waals surface area contributed by atoms with Crippen molar-refractivity contribution in [1.29, 1.82) is 0 Å². The van der Waals surface area contributed by atoms with Crippen molar-refractivity contribution < 1.29 is 5.11 Å². The van der Waals surface area contributed by atoms with Crippen molar-refractivity contribution in [3.8, 4) is 0 Å². The van der Waals surface area contributed by atoms with Gasteiger partial charge in [-0.3, -0.25) is 0 Å². The number of halogens is 1. The third kappa shape index (κ3) is 2.68. The maximum atomic E-state index is 10.6. The van der Waals surface area contributed by atoms with Crippen LogP contribution in [0.25, 0.3) is 0 Å². The molecule has 1 aliphatic rings. The van der Waals surface area contributed by atoms with Crippen molar-refractivity contribution in [3.05, 3.63) is 35.9 Å². The molecule has 0 radical (unpaired) electrons. The van der Waals surface area contributed by atoms with Crippen molar-refractivity contribution in [2.24, 2.45) is 0 Å². The van der Waals surface area contributed by atoms with Crippen LogP contribution in [-0.4, -0.2) is 22.9 Å². The van der Waals surface area contributed by atoms with Crippen LogP contribution in [0.3, 0.4) is 0 Å². The molecule has 1 aromatic carbocycles. The molecule has 1 fully saturated rings. The summed E-state index contributed by atoms with van der Waals surface area (Å²) in [4.78, 5) is 0. The maximum Gasteiger partial charge on any atom is 0.0911 e. The van der Waals surface area contributed by atoms with Gasteiger partial charge in [0.2, 0.25) is 0 Å². The Hall–Kier alpha value is 0.260. The van der Waals surface area contributed by atoms with Gasteiger partial charge in [-0.25, -0.2) is 0 Å². The van der Waals surface area contributed by atoms with Crippen LogP contribution in [0.2, 0.25) is 0 Å². The van der Waals surface area contributed by atoms with Crippen molar-refractivity contribution in [2.75, 3.05) is 17.8 Å². The molecule has 84 valence electrons. The fraction of sp³-hybridized carbons (Fsp3) is 0.500. The van der Waals surface area contributed by atoms with Gasteiger partial charge < -0.3 is 5.11 Å². The summed E-state index contributed by atoms with van der Waals surface area (Å²) in [5.74, 6) is 2.36. The van der Waals surface area contributed by atoms with Gasteiger partial charge in [0.25, 0.3) is 0 Å². The van der Waals surface area contributed by atoms with E-state index >= 15 is 0 Å². The van der Waals surface area contributed by atoms with Gasteiger partial charge in [-0.1, -0.05) is 30.3 Å². The lowest BCUT2D eigenvalue weighted by Gasteiger charge is -2.42. The average molecular weight is 336 g/mol. The van der Waals surface area contributed by atoms with Crippen molar-refractivity contribution in [1.82, 2.24) is 0 Å². The fourth-order valence-electron chi connectivity index (χ4n) is 2.03. The van der Waals surface area contributed by atoms with Crippen LogP contribution in [0.1, 0.15) is 18.4 Å². The highest BCUT2D eigenvalue weighted by atomic mass is 127. The van der Waals surface area contributed by atoms with Gasteiger partial charge in [0.05, 0.1) is 5.60 Å². The van der Waals surface area contributed by atoms with Crippen LogP contribution < -0.4 is 0 Å². The molecular formula is C12H17IOS. The van der Waals surface area contributed by atoms with E-state index in [9.17, 15) is 5.11 Å². The van der Waals surface area contributed by atoms with Gasteiger partial charge in [0.1, 0.15) is 0 Å². The minimum atomic E-state index is -0.557. The predicted molar refractivity (Wildman–Crippen MR) is 76.8 cm³/mol. The number of hydrogen-bond acceptors (Lipinski definition) is 1. The highest BCUT2D eigenvalue weighted by molar-refractivity contribution is 14.2. The standard InChI is InChI=1S/C12H17IOS/c1-15(13)9-7-12(14,8-10-15)11-5-3-2-4-6-11/h2-6,14H,7-10H2,1H3. The van der Waals surface area contributed by atoms with E-state index in [4.69, 9.17) is 0 Å². The zero-order valence-corrected chi connectivity index (χ0v) is 11.9. The molecule has 0 saturated carbocycles. The molecule has 0 aromatic heterocycles. The summed E-state index contributed by atoms with van der Waals surface area (Å²) in [5, 5.41) is 10.6. The van der Waals surface area contributed by atoms with Crippen molar-refractivity contribution >= 4 is 28.4 Å². The number of aliphatic hydroxyl groups is 1. The van der Waals surface area contributed by atoms with Crippen molar-refractivity contribution in [2.45, 2.75) is 18.4 Å². The summed E-state index contributed by atoms with van der Waals surface area (Å²) in [7, 11) is -0.452. The molecule has 0 unspecified atom stereocenters. The molecule has 1 aliphatic heterocycles. The molecule has 0 atom stereocenters. The van der Waals surface area contributed by atoms with Crippen LogP contribution in [-0.2, 0) is 5.60 Å².